The molecule has 0 radical (unpaired) electrons. The van der Waals surface area contributed by atoms with Gasteiger partial charge in [0.1, 0.15) is 6.04 Å². The number of aryl methyl sites for hydroxylation is 2. The molecule has 0 bridgehead atoms. The van der Waals surface area contributed by atoms with Crippen molar-refractivity contribution in [1.82, 2.24) is 14.7 Å². The Balaban J connectivity index is 1.43. The lowest BCUT2D eigenvalue weighted by molar-refractivity contribution is -0.135. The summed E-state index contributed by atoms with van der Waals surface area (Å²) in [4.78, 5) is 31.4. The second kappa shape index (κ2) is 8.87. The van der Waals surface area contributed by atoms with E-state index in [-0.39, 0.29) is 11.5 Å². The minimum Gasteiger partial charge on any atom is -0.368 e. The monoisotopic (exact) mass is 474 g/mol. The minimum atomic E-state index is -0.596. The van der Waals surface area contributed by atoms with Gasteiger partial charge in [-0.2, -0.15) is 5.10 Å². The van der Waals surface area contributed by atoms with E-state index >= 15 is 0 Å². The van der Waals surface area contributed by atoms with Crippen molar-refractivity contribution in [3.05, 3.63) is 69.6 Å². The number of carbonyl (C=O) groups excluding carboxylic acids is 1. The van der Waals surface area contributed by atoms with Gasteiger partial charge in [0.2, 0.25) is 5.91 Å². The van der Waals surface area contributed by atoms with Crippen LogP contribution >= 0.6 is 11.3 Å². The SMILES string of the molecule is CC[C@@H](C(=O)N1CCN(c2cccc(C)c2C)CC1)n1nc(C)c2sc3ccccc3c2c1=O. The van der Waals surface area contributed by atoms with E-state index in [1.807, 2.05) is 43.0 Å². The zero-order valence-electron chi connectivity index (χ0n) is 20.2. The topological polar surface area (TPSA) is 58.4 Å². The number of anilines is 1. The number of rotatable bonds is 4. The normalized spacial score (nSPS) is 15.3. The predicted molar refractivity (Wildman–Crippen MR) is 140 cm³/mol. The molecule has 5 rings (SSSR count). The molecule has 1 saturated heterocycles. The van der Waals surface area contributed by atoms with Crippen LogP contribution in [0.1, 0.15) is 36.2 Å². The molecule has 1 aliphatic rings. The predicted octanol–water partition coefficient (Wildman–Crippen LogP) is 4.84. The van der Waals surface area contributed by atoms with E-state index in [0.29, 0.717) is 24.9 Å². The number of nitrogens with zero attached hydrogens (tertiary/aromatic N) is 4. The number of hydrogen-bond donors (Lipinski definition) is 0. The Labute approximate surface area is 203 Å². The fourth-order valence-corrected chi connectivity index (χ4v) is 6.13. The summed E-state index contributed by atoms with van der Waals surface area (Å²) in [5.41, 5.74) is 4.42. The molecule has 1 amide bonds. The van der Waals surface area contributed by atoms with Crippen LogP contribution in [0.5, 0.6) is 0 Å². The number of fused-ring (bicyclic) bond motifs is 3. The quantitative estimate of drug-likeness (QED) is 0.425. The number of carbonyl (C=O) groups is 1. The van der Waals surface area contributed by atoms with Gasteiger partial charge in [-0.25, -0.2) is 4.68 Å². The van der Waals surface area contributed by atoms with Gasteiger partial charge in [0.15, 0.2) is 0 Å². The maximum atomic E-state index is 13.6. The van der Waals surface area contributed by atoms with Gasteiger partial charge in [-0.15, -0.1) is 11.3 Å². The first-order chi connectivity index (χ1) is 16.4. The van der Waals surface area contributed by atoms with Gasteiger partial charge in [-0.3, -0.25) is 9.59 Å². The summed E-state index contributed by atoms with van der Waals surface area (Å²) < 4.78 is 3.42. The van der Waals surface area contributed by atoms with E-state index in [4.69, 9.17) is 0 Å². The Kier molecular flexibility index (Phi) is 5.90. The van der Waals surface area contributed by atoms with Crippen molar-refractivity contribution >= 4 is 43.1 Å². The third-order valence-corrected chi connectivity index (χ3v) is 8.36. The molecule has 1 aliphatic heterocycles. The van der Waals surface area contributed by atoms with E-state index in [9.17, 15) is 9.59 Å². The van der Waals surface area contributed by atoms with Crippen LogP contribution in [-0.4, -0.2) is 46.8 Å². The average molecular weight is 475 g/mol. The van der Waals surface area contributed by atoms with Crippen molar-refractivity contribution in [1.29, 1.82) is 0 Å². The Morgan fingerprint density at radius 1 is 1.03 bits per heavy atom. The van der Waals surface area contributed by atoms with Crippen LogP contribution in [0.15, 0.2) is 47.3 Å². The molecular formula is C27H30N4O2S. The number of hydrogen-bond acceptors (Lipinski definition) is 5. The molecule has 0 unspecified atom stereocenters. The summed E-state index contributed by atoms with van der Waals surface area (Å²) in [5.74, 6) is -0.0176. The van der Waals surface area contributed by atoms with Crippen LogP contribution < -0.4 is 10.5 Å². The van der Waals surface area contributed by atoms with Crippen molar-refractivity contribution in [2.75, 3.05) is 31.1 Å². The summed E-state index contributed by atoms with van der Waals surface area (Å²) >= 11 is 1.59. The maximum Gasteiger partial charge on any atom is 0.276 e. The summed E-state index contributed by atoms with van der Waals surface area (Å²) in [6.45, 7) is 11.0. The highest BCUT2D eigenvalue weighted by atomic mass is 32.1. The van der Waals surface area contributed by atoms with Gasteiger partial charge < -0.3 is 9.80 Å². The molecule has 3 heterocycles. The molecule has 2 aromatic heterocycles. The number of thiophene rings is 1. The average Bonchev–Trinajstić information content (AvgIpc) is 3.25. The highest BCUT2D eigenvalue weighted by Gasteiger charge is 2.30. The Bertz CT molecular complexity index is 1450. The fraction of sp³-hybridized carbons (Fsp3) is 0.370. The van der Waals surface area contributed by atoms with Crippen molar-refractivity contribution in [2.24, 2.45) is 0 Å². The molecule has 1 fully saturated rings. The van der Waals surface area contributed by atoms with Crippen LogP contribution in [0.2, 0.25) is 0 Å². The van der Waals surface area contributed by atoms with Gasteiger partial charge in [0, 0.05) is 42.0 Å². The molecule has 0 N–H and O–H groups in total. The molecule has 4 aromatic rings. The fourth-order valence-electron chi connectivity index (χ4n) is 5.00. The minimum absolute atomic E-state index is 0.0176. The van der Waals surface area contributed by atoms with Crippen molar-refractivity contribution in [2.45, 2.75) is 40.2 Å². The summed E-state index contributed by atoms with van der Waals surface area (Å²) in [7, 11) is 0. The molecule has 1 atom stereocenters. The molecule has 176 valence electrons. The summed E-state index contributed by atoms with van der Waals surface area (Å²) in [6.07, 6.45) is 0.524. The molecule has 0 saturated carbocycles. The number of amides is 1. The second-order valence-electron chi connectivity index (χ2n) is 9.09. The van der Waals surface area contributed by atoms with Crippen molar-refractivity contribution < 1.29 is 4.79 Å². The van der Waals surface area contributed by atoms with E-state index in [0.717, 1.165) is 33.6 Å². The van der Waals surface area contributed by atoms with Gasteiger partial charge in [-0.1, -0.05) is 37.3 Å². The van der Waals surface area contributed by atoms with Crippen LogP contribution in [-0.2, 0) is 4.79 Å². The Hall–Kier alpha value is -3.19. The zero-order chi connectivity index (χ0) is 24.0. The molecule has 6 nitrogen and oxygen atoms in total. The van der Waals surface area contributed by atoms with E-state index in [1.165, 1.54) is 21.5 Å². The summed E-state index contributed by atoms with van der Waals surface area (Å²) in [6, 6.07) is 13.7. The van der Waals surface area contributed by atoms with Crippen molar-refractivity contribution in [3.8, 4) is 0 Å². The van der Waals surface area contributed by atoms with Gasteiger partial charge in [-0.05, 0) is 50.5 Å². The Morgan fingerprint density at radius 3 is 2.50 bits per heavy atom. The van der Waals surface area contributed by atoms with E-state index in [2.05, 4.69) is 42.0 Å². The zero-order valence-corrected chi connectivity index (χ0v) is 21.0. The van der Waals surface area contributed by atoms with E-state index < -0.39 is 6.04 Å². The van der Waals surface area contributed by atoms with Crippen LogP contribution in [0, 0.1) is 20.8 Å². The van der Waals surface area contributed by atoms with Crippen molar-refractivity contribution in [3.63, 3.8) is 0 Å². The molecule has 2 aromatic carbocycles. The number of aromatic nitrogens is 2. The molecular weight excluding hydrogens is 444 g/mol. The first-order valence-corrected chi connectivity index (χ1v) is 12.7. The number of benzene rings is 2. The largest absolute Gasteiger partial charge is 0.368 e. The lowest BCUT2D eigenvalue weighted by Gasteiger charge is -2.38. The van der Waals surface area contributed by atoms with Crippen LogP contribution in [0.25, 0.3) is 20.2 Å². The molecule has 7 heteroatoms. The van der Waals surface area contributed by atoms with Gasteiger partial charge in [0.25, 0.3) is 5.56 Å². The van der Waals surface area contributed by atoms with Crippen LogP contribution in [0.3, 0.4) is 0 Å². The first-order valence-electron chi connectivity index (χ1n) is 11.9. The summed E-state index contributed by atoms with van der Waals surface area (Å²) in [5, 5.41) is 6.24. The number of piperazine rings is 1. The lowest BCUT2D eigenvalue weighted by Crippen LogP contribution is -2.51. The Morgan fingerprint density at radius 2 is 1.76 bits per heavy atom. The third kappa shape index (κ3) is 3.68. The lowest BCUT2D eigenvalue weighted by atomic mass is 10.1. The first kappa shape index (κ1) is 22.6. The molecule has 34 heavy (non-hydrogen) atoms. The molecule has 0 aliphatic carbocycles. The van der Waals surface area contributed by atoms with E-state index in [1.54, 1.807) is 11.3 Å². The maximum absolute atomic E-state index is 13.6. The third-order valence-electron chi connectivity index (χ3n) is 7.08. The second-order valence-corrected chi connectivity index (χ2v) is 10.1. The highest BCUT2D eigenvalue weighted by molar-refractivity contribution is 7.26. The van der Waals surface area contributed by atoms with Gasteiger partial charge in [0.05, 0.1) is 15.8 Å². The highest BCUT2D eigenvalue weighted by Crippen LogP contribution is 2.33. The van der Waals surface area contributed by atoms with Gasteiger partial charge >= 0.3 is 0 Å². The smallest absolute Gasteiger partial charge is 0.276 e. The van der Waals surface area contributed by atoms with Crippen LogP contribution in [0.4, 0.5) is 5.69 Å². The standard InChI is InChI=1S/C27H30N4O2S/c1-5-21(26(32)30-15-13-29(14-16-30)22-11-8-9-17(2)18(22)3)31-27(33)24-20-10-6-7-12-23(20)34-25(24)19(4)28-31/h6-12,21H,5,13-16H2,1-4H3/t21-/m0/s1. The molecule has 0 spiro atoms.